The van der Waals surface area contributed by atoms with Crippen molar-refractivity contribution in [1.29, 1.82) is 0 Å². The van der Waals surface area contributed by atoms with Gasteiger partial charge in [0.15, 0.2) is 0 Å². The van der Waals surface area contributed by atoms with E-state index in [0.717, 1.165) is 19.3 Å². The third kappa shape index (κ3) is 3.65. The number of piperazine rings is 1. The molecule has 0 bridgehead atoms. The fourth-order valence-corrected chi connectivity index (χ4v) is 3.08. The molecule has 2 unspecified atom stereocenters. The lowest BCUT2D eigenvalue weighted by Crippen LogP contribution is -2.58. The first-order valence-corrected chi connectivity index (χ1v) is 7.68. The number of piperidine rings is 1. The molecule has 2 atom stereocenters. The van der Waals surface area contributed by atoms with Gasteiger partial charge in [-0.25, -0.2) is 4.79 Å². The third-order valence-electron chi connectivity index (χ3n) is 4.57. The molecule has 7 nitrogen and oxygen atoms in total. The van der Waals surface area contributed by atoms with Crippen LogP contribution in [0, 0.1) is 0 Å². The van der Waals surface area contributed by atoms with Crippen LogP contribution in [-0.2, 0) is 4.79 Å². The fraction of sp³-hybridized carbons (Fsp3) is 0.857. The molecule has 2 heterocycles. The number of carbonyl (C=O) groups excluding carboxylic acids is 1. The molecule has 0 aliphatic carbocycles. The van der Waals surface area contributed by atoms with Crippen LogP contribution in [0.15, 0.2) is 0 Å². The summed E-state index contributed by atoms with van der Waals surface area (Å²) in [4.78, 5) is 29.0. The Morgan fingerprint density at radius 1 is 1.14 bits per heavy atom. The van der Waals surface area contributed by atoms with Crippen molar-refractivity contribution in [3.63, 3.8) is 0 Å². The van der Waals surface area contributed by atoms with Crippen molar-refractivity contribution in [1.82, 2.24) is 14.7 Å². The standard InChI is InChI=1S/C14H25N3O4/c1-11(13(19)20)15-6-8-16(9-7-15)14(21)17-5-3-2-4-12(17)10-18/h11-12,18H,2-10H2,1H3,(H,19,20). The predicted molar refractivity (Wildman–Crippen MR) is 77.1 cm³/mol. The first-order chi connectivity index (χ1) is 10.0. The van der Waals surface area contributed by atoms with E-state index >= 15 is 0 Å². The molecule has 0 saturated carbocycles. The van der Waals surface area contributed by atoms with E-state index in [9.17, 15) is 14.7 Å². The minimum absolute atomic E-state index is 0.0156. The maximum atomic E-state index is 12.5. The van der Waals surface area contributed by atoms with Crippen LogP contribution in [0.3, 0.4) is 0 Å². The van der Waals surface area contributed by atoms with Crippen LogP contribution in [0.5, 0.6) is 0 Å². The van der Waals surface area contributed by atoms with Crippen molar-refractivity contribution in [3.05, 3.63) is 0 Å². The molecule has 2 aliphatic rings. The molecular weight excluding hydrogens is 274 g/mol. The number of hydrogen-bond donors (Lipinski definition) is 2. The minimum atomic E-state index is -0.828. The summed E-state index contributed by atoms with van der Waals surface area (Å²) in [6.07, 6.45) is 2.90. The largest absolute Gasteiger partial charge is 0.480 e. The number of carboxylic acids is 1. The highest BCUT2D eigenvalue weighted by atomic mass is 16.4. The van der Waals surface area contributed by atoms with Crippen LogP contribution in [0.4, 0.5) is 4.79 Å². The molecule has 21 heavy (non-hydrogen) atoms. The van der Waals surface area contributed by atoms with Crippen molar-refractivity contribution in [2.75, 3.05) is 39.3 Å². The van der Waals surface area contributed by atoms with Gasteiger partial charge in [0.05, 0.1) is 12.6 Å². The summed E-state index contributed by atoms with van der Waals surface area (Å²) in [7, 11) is 0. The molecule has 120 valence electrons. The van der Waals surface area contributed by atoms with Crippen molar-refractivity contribution < 1.29 is 19.8 Å². The second-order valence-corrected chi connectivity index (χ2v) is 5.85. The second-order valence-electron chi connectivity index (χ2n) is 5.85. The van der Waals surface area contributed by atoms with E-state index in [1.54, 1.807) is 16.7 Å². The van der Waals surface area contributed by atoms with Gasteiger partial charge >= 0.3 is 12.0 Å². The summed E-state index contributed by atoms with van der Waals surface area (Å²) in [5.41, 5.74) is 0. The molecule has 2 N–H and O–H groups in total. The number of carbonyl (C=O) groups is 2. The lowest BCUT2D eigenvalue weighted by atomic mass is 10.0. The molecule has 0 spiro atoms. The van der Waals surface area contributed by atoms with Crippen LogP contribution >= 0.6 is 0 Å². The van der Waals surface area contributed by atoms with E-state index in [0.29, 0.717) is 32.7 Å². The molecule has 0 radical (unpaired) electrons. The van der Waals surface area contributed by atoms with Gasteiger partial charge in [-0.2, -0.15) is 0 Å². The van der Waals surface area contributed by atoms with Crippen molar-refractivity contribution in [3.8, 4) is 0 Å². The Balaban J connectivity index is 1.89. The number of likely N-dealkylation sites (tertiary alicyclic amines) is 1. The van der Waals surface area contributed by atoms with Gasteiger partial charge in [0, 0.05) is 32.7 Å². The molecule has 0 aromatic rings. The average molecular weight is 299 g/mol. The van der Waals surface area contributed by atoms with E-state index < -0.39 is 12.0 Å². The van der Waals surface area contributed by atoms with Gasteiger partial charge in [-0.1, -0.05) is 0 Å². The summed E-state index contributed by atoms with van der Waals surface area (Å²) in [5.74, 6) is -0.828. The highest BCUT2D eigenvalue weighted by Crippen LogP contribution is 2.19. The summed E-state index contributed by atoms with van der Waals surface area (Å²) in [5, 5.41) is 18.4. The maximum absolute atomic E-state index is 12.5. The Labute approximate surface area is 125 Å². The van der Waals surface area contributed by atoms with Crippen LogP contribution in [0.25, 0.3) is 0 Å². The highest BCUT2D eigenvalue weighted by molar-refractivity contribution is 5.75. The Hall–Kier alpha value is -1.34. The number of aliphatic hydroxyl groups excluding tert-OH is 1. The normalized spacial score (nSPS) is 25.7. The Kier molecular flexibility index (Phi) is 5.41. The van der Waals surface area contributed by atoms with Crippen LogP contribution in [0.2, 0.25) is 0 Å². The molecule has 7 heteroatoms. The van der Waals surface area contributed by atoms with Gasteiger partial charge in [-0.15, -0.1) is 0 Å². The number of urea groups is 1. The molecule has 2 amide bonds. The van der Waals surface area contributed by atoms with E-state index in [4.69, 9.17) is 5.11 Å². The molecule has 2 fully saturated rings. The van der Waals surface area contributed by atoms with Crippen LogP contribution < -0.4 is 0 Å². The summed E-state index contributed by atoms with van der Waals surface area (Å²) in [6.45, 7) is 4.65. The molecule has 2 saturated heterocycles. The number of aliphatic carboxylic acids is 1. The second kappa shape index (κ2) is 7.09. The number of nitrogens with zero attached hydrogens (tertiary/aromatic N) is 3. The van der Waals surface area contributed by atoms with E-state index in [2.05, 4.69) is 0 Å². The fourth-order valence-electron chi connectivity index (χ4n) is 3.08. The maximum Gasteiger partial charge on any atom is 0.320 e. The monoisotopic (exact) mass is 299 g/mol. The minimum Gasteiger partial charge on any atom is -0.480 e. The van der Waals surface area contributed by atoms with Gasteiger partial charge in [0.2, 0.25) is 0 Å². The van der Waals surface area contributed by atoms with Crippen LogP contribution in [-0.4, -0.2) is 88.3 Å². The number of carboxylic acid groups (broad SMARTS) is 1. The van der Waals surface area contributed by atoms with E-state index in [1.165, 1.54) is 0 Å². The lowest BCUT2D eigenvalue weighted by molar-refractivity contribution is -0.143. The topological polar surface area (TPSA) is 84.3 Å². The first-order valence-electron chi connectivity index (χ1n) is 7.68. The van der Waals surface area contributed by atoms with Crippen LogP contribution in [0.1, 0.15) is 26.2 Å². The smallest absolute Gasteiger partial charge is 0.320 e. The Morgan fingerprint density at radius 2 is 1.81 bits per heavy atom. The van der Waals surface area contributed by atoms with E-state index in [-0.39, 0.29) is 18.7 Å². The summed E-state index contributed by atoms with van der Waals surface area (Å²) in [6, 6.07) is -0.596. The van der Waals surface area contributed by atoms with Crippen molar-refractivity contribution in [2.45, 2.75) is 38.3 Å². The third-order valence-corrected chi connectivity index (χ3v) is 4.57. The predicted octanol–water partition coefficient (Wildman–Crippen LogP) is 0.0439. The van der Waals surface area contributed by atoms with E-state index in [1.807, 2.05) is 4.90 Å². The summed E-state index contributed by atoms with van der Waals surface area (Å²) < 4.78 is 0. The molecule has 2 aliphatic heterocycles. The molecular formula is C14H25N3O4. The van der Waals surface area contributed by atoms with Gasteiger partial charge < -0.3 is 20.0 Å². The zero-order valence-electron chi connectivity index (χ0n) is 12.6. The zero-order chi connectivity index (χ0) is 15.4. The van der Waals surface area contributed by atoms with Gasteiger partial charge in [-0.05, 0) is 26.2 Å². The Morgan fingerprint density at radius 3 is 2.38 bits per heavy atom. The zero-order valence-corrected chi connectivity index (χ0v) is 12.6. The van der Waals surface area contributed by atoms with Gasteiger partial charge in [0.25, 0.3) is 0 Å². The molecule has 2 rings (SSSR count). The first kappa shape index (κ1) is 16.0. The molecule has 0 aromatic carbocycles. The quantitative estimate of drug-likeness (QED) is 0.769. The number of amides is 2. The molecule has 0 aromatic heterocycles. The van der Waals surface area contributed by atoms with Gasteiger partial charge in [0.1, 0.15) is 6.04 Å². The number of rotatable bonds is 3. The Bertz CT molecular complexity index is 382. The van der Waals surface area contributed by atoms with Gasteiger partial charge in [-0.3, -0.25) is 9.69 Å². The SMILES string of the molecule is CC(C(=O)O)N1CCN(C(=O)N2CCCCC2CO)CC1. The van der Waals surface area contributed by atoms with Crippen molar-refractivity contribution in [2.24, 2.45) is 0 Å². The highest BCUT2D eigenvalue weighted by Gasteiger charge is 2.32. The number of aliphatic hydroxyl groups is 1. The number of hydrogen-bond acceptors (Lipinski definition) is 4. The summed E-state index contributed by atoms with van der Waals surface area (Å²) >= 11 is 0. The van der Waals surface area contributed by atoms with Crippen molar-refractivity contribution >= 4 is 12.0 Å². The average Bonchev–Trinajstić information content (AvgIpc) is 2.53. The lowest BCUT2D eigenvalue weighted by Gasteiger charge is -2.42.